The third-order valence-corrected chi connectivity index (χ3v) is 12.7. The van der Waals surface area contributed by atoms with Crippen LogP contribution in [0, 0.1) is 6.92 Å². The Morgan fingerprint density at radius 3 is 2.50 bits per heavy atom. The third kappa shape index (κ3) is 6.16. The van der Waals surface area contributed by atoms with E-state index in [1.807, 2.05) is 35.0 Å². The number of aromatic nitrogens is 5. The normalized spacial score (nSPS) is 14.9. The van der Waals surface area contributed by atoms with Crippen LogP contribution in [0.1, 0.15) is 51.8 Å². The Morgan fingerprint density at radius 1 is 1.05 bits per heavy atom. The Hall–Kier alpha value is -3.01. The molecule has 0 spiro atoms. The first kappa shape index (κ1) is 28.5. The van der Waals surface area contributed by atoms with Gasteiger partial charge in [0.05, 0.1) is 23.9 Å². The molecule has 0 unspecified atom stereocenters. The predicted octanol–water partition coefficient (Wildman–Crippen LogP) is 7.23. The molecule has 4 aromatic rings. The van der Waals surface area contributed by atoms with Crippen molar-refractivity contribution >= 4 is 31.1 Å². The van der Waals surface area contributed by atoms with Crippen LogP contribution in [0.25, 0.3) is 22.6 Å². The Labute approximate surface area is 242 Å². The van der Waals surface area contributed by atoms with Crippen LogP contribution in [0.2, 0.25) is 23.2 Å². The number of benzene rings is 1. The molecule has 5 rings (SSSR count). The minimum atomic E-state index is -1.83. The summed E-state index contributed by atoms with van der Waals surface area (Å²) in [5.41, 5.74) is 3.88. The molecule has 1 aromatic carbocycles. The first-order chi connectivity index (χ1) is 18.9. The molecule has 10 heteroatoms. The molecule has 0 saturated heterocycles. The molecule has 1 aliphatic carbocycles. The minimum absolute atomic E-state index is 0.156. The van der Waals surface area contributed by atoms with E-state index in [4.69, 9.17) is 30.5 Å². The molecular weight excluding hydrogens is 542 g/mol. The van der Waals surface area contributed by atoms with E-state index in [0.29, 0.717) is 53.4 Å². The van der Waals surface area contributed by atoms with Gasteiger partial charge in [0.25, 0.3) is 0 Å². The lowest BCUT2D eigenvalue weighted by molar-refractivity contribution is 0.194. The number of rotatable bonds is 10. The number of halogens is 1. The maximum atomic E-state index is 6.85. The van der Waals surface area contributed by atoms with Gasteiger partial charge in [-0.1, -0.05) is 32.4 Å². The molecule has 0 radical (unpaired) electrons. The number of hydrogen-bond donors (Lipinski definition) is 0. The Balaban J connectivity index is 1.44. The van der Waals surface area contributed by atoms with Crippen LogP contribution < -0.4 is 9.47 Å². The van der Waals surface area contributed by atoms with Gasteiger partial charge in [0, 0.05) is 11.8 Å². The van der Waals surface area contributed by atoms with Crippen molar-refractivity contribution < 1.29 is 13.9 Å². The summed E-state index contributed by atoms with van der Waals surface area (Å²) in [6.45, 7) is 16.8. The Morgan fingerprint density at radius 2 is 1.82 bits per heavy atom. The third-order valence-electron chi connectivity index (χ3n) is 7.89. The molecule has 212 valence electrons. The van der Waals surface area contributed by atoms with Crippen molar-refractivity contribution in [1.29, 1.82) is 0 Å². The lowest BCUT2D eigenvalue weighted by Gasteiger charge is -2.36. The number of hydrogen-bond acceptors (Lipinski definition) is 7. The zero-order valence-electron chi connectivity index (χ0n) is 24.4. The average Bonchev–Trinajstić information content (AvgIpc) is 3.49. The van der Waals surface area contributed by atoms with E-state index < -0.39 is 8.32 Å². The maximum Gasteiger partial charge on any atom is 0.245 e. The van der Waals surface area contributed by atoms with E-state index in [9.17, 15) is 0 Å². The molecule has 3 aromatic heterocycles. The fourth-order valence-electron chi connectivity index (χ4n) is 4.14. The van der Waals surface area contributed by atoms with E-state index in [0.717, 1.165) is 29.7 Å². The van der Waals surface area contributed by atoms with Crippen molar-refractivity contribution in [3.05, 3.63) is 59.1 Å². The van der Waals surface area contributed by atoms with Gasteiger partial charge in [-0.2, -0.15) is 4.98 Å². The van der Waals surface area contributed by atoms with E-state index in [2.05, 4.69) is 68.7 Å². The molecule has 1 saturated carbocycles. The van der Waals surface area contributed by atoms with Gasteiger partial charge in [-0.25, -0.2) is 9.97 Å². The lowest BCUT2D eigenvalue weighted by Crippen LogP contribution is -2.41. The Bertz CT molecular complexity index is 1530. The fraction of sp³-hybridized carbons (Fsp3) is 0.467. The Kier molecular flexibility index (Phi) is 7.67. The molecule has 1 aliphatic rings. The number of nitrogens with zero attached hydrogens (tertiary/aromatic N) is 5. The second kappa shape index (κ2) is 10.8. The van der Waals surface area contributed by atoms with Crippen LogP contribution in [0.4, 0.5) is 0 Å². The molecule has 0 atom stereocenters. The highest BCUT2D eigenvalue weighted by molar-refractivity contribution is 6.74. The van der Waals surface area contributed by atoms with Gasteiger partial charge >= 0.3 is 0 Å². The number of imidazole rings is 1. The number of fused-ring (bicyclic) bond motifs is 1. The van der Waals surface area contributed by atoms with Gasteiger partial charge in [0.2, 0.25) is 5.88 Å². The highest BCUT2D eigenvalue weighted by Gasteiger charge is 2.41. The highest BCUT2D eigenvalue weighted by Crippen LogP contribution is 2.41. The van der Waals surface area contributed by atoms with Crippen LogP contribution in [0.3, 0.4) is 0 Å². The molecule has 40 heavy (non-hydrogen) atoms. The van der Waals surface area contributed by atoms with E-state index >= 15 is 0 Å². The van der Waals surface area contributed by atoms with Crippen molar-refractivity contribution in [3.8, 4) is 23.0 Å². The molecule has 0 bridgehead atoms. The summed E-state index contributed by atoms with van der Waals surface area (Å²) in [4.78, 5) is 18.6. The molecular formula is C30H38ClN5O3Si. The van der Waals surface area contributed by atoms with Crippen molar-refractivity contribution in [1.82, 2.24) is 24.5 Å². The highest BCUT2D eigenvalue weighted by atomic mass is 35.5. The number of ether oxygens (including phenoxy) is 2. The van der Waals surface area contributed by atoms with Crippen molar-refractivity contribution in [3.63, 3.8) is 0 Å². The average molecular weight is 580 g/mol. The number of aryl methyl sites for hydroxylation is 1. The van der Waals surface area contributed by atoms with Crippen LogP contribution in [0.15, 0.2) is 42.9 Å². The SMILES string of the molecule is Cc1ccnc(Cn2c(-c3ccc(OCCO[Si](C)(C)C(C)(C)C)cc3Cl)nc3c(OC4(C)CC4)ncnc32)c1. The summed E-state index contributed by atoms with van der Waals surface area (Å²) < 4.78 is 20.5. The molecule has 8 nitrogen and oxygen atoms in total. The van der Waals surface area contributed by atoms with E-state index in [1.54, 1.807) is 0 Å². The first-order valence-electron chi connectivity index (χ1n) is 13.7. The van der Waals surface area contributed by atoms with E-state index in [-0.39, 0.29) is 10.6 Å². The minimum Gasteiger partial charge on any atom is -0.491 e. The van der Waals surface area contributed by atoms with Crippen LogP contribution in [-0.4, -0.2) is 51.6 Å². The summed E-state index contributed by atoms with van der Waals surface area (Å²) in [5.74, 6) is 1.84. The summed E-state index contributed by atoms with van der Waals surface area (Å²) >= 11 is 6.85. The molecule has 3 heterocycles. The predicted molar refractivity (Wildman–Crippen MR) is 161 cm³/mol. The topological polar surface area (TPSA) is 84.2 Å². The van der Waals surface area contributed by atoms with Crippen molar-refractivity contribution in [2.45, 2.75) is 77.7 Å². The monoisotopic (exact) mass is 579 g/mol. The summed E-state index contributed by atoms with van der Waals surface area (Å²) in [5, 5.41) is 0.685. The van der Waals surface area contributed by atoms with Crippen LogP contribution in [-0.2, 0) is 11.0 Å². The van der Waals surface area contributed by atoms with Crippen LogP contribution in [0.5, 0.6) is 11.6 Å². The maximum absolute atomic E-state index is 6.85. The fourth-order valence-corrected chi connectivity index (χ4v) is 5.43. The lowest BCUT2D eigenvalue weighted by atomic mass is 10.2. The van der Waals surface area contributed by atoms with Crippen molar-refractivity contribution in [2.24, 2.45) is 0 Å². The smallest absolute Gasteiger partial charge is 0.245 e. The van der Waals surface area contributed by atoms with Gasteiger partial charge in [0.15, 0.2) is 19.5 Å². The van der Waals surface area contributed by atoms with Gasteiger partial charge in [0.1, 0.15) is 30.1 Å². The summed E-state index contributed by atoms with van der Waals surface area (Å²) in [6, 6.07) is 9.71. The zero-order chi connectivity index (χ0) is 28.7. The van der Waals surface area contributed by atoms with E-state index in [1.165, 1.54) is 6.33 Å². The zero-order valence-corrected chi connectivity index (χ0v) is 26.2. The van der Waals surface area contributed by atoms with Gasteiger partial charge in [-0.05, 0) is 80.7 Å². The molecule has 0 N–H and O–H groups in total. The summed E-state index contributed by atoms with van der Waals surface area (Å²) in [6.07, 6.45) is 5.33. The molecule has 0 aliphatic heterocycles. The molecule has 0 amide bonds. The van der Waals surface area contributed by atoms with Crippen LogP contribution >= 0.6 is 11.6 Å². The van der Waals surface area contributed by atoms with Gasteiger partial charge in [-0.15, -0.1) is 0 Å². The second-order valence-corrected chi connectivity index (χ2v) is 17.6. The standard InChI is InChI=1S/C30H38ClN5O3Si/c1-20-10-13-32-21(16-20)18-36-26(35-25-27(36)33-19-34-28(25)39-30(5)11-12-30)23-9-8-22(17-24(23)31)37-14-15-38-40(6,7)29(2,3)4/h8-10,13,16-17,19H,11-12,14-15,18H2,1-7H3. The number of pyridine rings is 1. The van der Waals surface area contributed by atoms with Gasteiger partial charge in [-0.3, -0.25) is 4.98 Å². The largest absolute Gasteiger partial charge is 0.491 e. The van der Waals surface area contributed by atoms with Gasteiger partial charge < -0.3 is 18.5 Å². The second-order valence-electron chi connectivity index (χ2n) is 12.3. The first-order valence-corrected chi connectivity index (χ1v) is 17.0. The quantitative estimate of drug-likeness (QED) is 0.145. The summed E-state index contributed by atoms with van der Waals surface area (Å²) in [7, 11) is -1.83. The molecule has 1 fully saturated rings. The van der Waals surface area contributed by atoms with Crippen molar-refractivity contribution in [2.75, 3.05) is 13.2 Å².